The van der Waals surface area contributed by atoms with Crippen LogP contribution < -0.4 is 11.1 Å². The van der Waals surface area contributed by atoms with Crippen molar-refractivity contribution in [3.8, 4) is 0 Å². The number of nitrogen functional groups attached to an aromatic ring is 1. The Morgan fingerprint density at radius 2 is 1.95 bits per heavy atom. The molecule has 2 rings (SSSR count). The monoisotopic (exact) mass is 384 g/mol. The molecule has 0 aromatic heterocycles. The predicted octanol–water partition coefficient (Wildman–Crippen LogP) is 4.24. The number of halogens is 2. The van der Waals surface area contributed by atoms with Crippen LogP contribution in [0.25, 0.3) is 0 Å². The molecular weight excluding hydrogens is 376 g/mol. The predicted molar refractivity (Wildman–Crippen MR) is 82.9 cm³/mol. The van der Waals surface area contributed by atoms with Gasteiger partial charge >= 0.3 is 5.97 Å². The molecule has 0 aliphatic rings. The summed E-state index contributed by atoms with van der Waals surface area (Å²) >= 11 is 6.77. The second kappa shape index (κ2) is 5.63. The first-order valence-corrected chi connectivity index (χ1v) is 6.91. The Bertz CT molecular complexity index is 645. The third-order valence-electron chi connectivity index (χ3n) is 2.52. The molecular formula is C13H10Br2N2O2. The van der Waals surface area contributed by atoms with Crippen LogP contribution in [0.5, 0.6) is 0 Å². The van der Waals surface area contributed by atoms with Crippen molar-refractivity contribution in [1.82, 2.24) is 0 Å². The van der Waals surface area contributed by atoms with Gasteiger partial charge in [-0.3, -0.25) is 0 Å². The molecule has 2 aromatic rings. The van der Waals surface area contributed by atoms with Gasteiger partial charge in [-0.25, -0.2) is 4.79 Å². The standard InChI is InChI=1S/C13H10Br2N2O2/c14-7-4-5-11(9(15)6-7)17-12-8(13(18)19)2-1-3-10(12)16/h1-6,17H,16H2,(H,18,19). The van der Waals surface area contributed by atoms with Gasteiger partial charge in [0.2, 0.25) is 0 Å². The van der Waals surface area contributed by atoms with E-state index in [1.807, 2.05) is 18.2 Å². The molecule has 0 saturated carbocycles. The number of anilines is 3. The molecule has 19 heavy (non-hydrogen) atoms. The second-order valence-corrected chi connectivity index (χ2v) is 5.59. The SMILES string of the molecule is Nc1cccc(C(=O)O)c1Nc1ccc(Br)cc1Br. The van der Waals surface area contributed by atoms with Crippen molar-refractivity contribution >= 4 is 54.9 Å². The molecule has 0 spiro atoms. The molecule has 98 valence electrons. The highest BCUT2D eigenvalue weighted by Crippen LogP contribution is 2.32. The maximum atomic E-state index is 11.2. The highest BCUT2D eigenvalue weighted by atomic mass is 79.9. The van der Waals surface area contributed by atoms with Crippen molar-refractivity contribution in [1.29, 1.82) is 0 Å². The number of nitrogens with two attached hydrogens (primary N) is 1. The fourth-order valence-corrected chi connectivity index (χ4v) is 2.76. The minimum absolute atomic E-state index is 0.134. The van der Waals surface area contributed by atoms with Gasteiger partial charge in [0.1, 0.15) is 0 Å². The van der Waals surface area contributed by atoms with Crippen LogP contribution in [0.1, 0.15) is 10.4 Å². The smallest absolute Gasteiger partial charge is 0.337 e. The van der Waals surface area contributed by atoms with Crippen LogP contribution in [0.15, 0.2) is 45.3 Å². The average molecular weight is 386 g/mol. The van der Waals surface area contributed by atoms with Crippen LogP contribution >= 0.6 is 31.9 Å². The number of hydrogen-bond donors (Lipinski definition) is 3. The van der Waals surface area contributed by atoms with E-state index in [1.165, 1.54) is 6.07 Å². The Kier molecular flexibility index (Phi) is 4.11. The lowest BCUT2D eigenvalue weighted by Gasteiger charge is -2.13. The Hall–Kier alpha value is -1.53. The first-order chi connectivity index (χ1) is 8.99. The Balaban J connectivity index is 2.46. The minimum Gasteiger partial charge on any atom is -0.478 e. The number of benzene rings is 2. The van der Waals surface area contributed by atoms with Crippen molar-refractivity contribution in [3.63, 3.8) is 0 Å². The van der Waals surface area contributed by atoms with Gasteiger partial charge in [0.15, 0.2) is 0 Å². The summed E-state index contributed by atoms with van der Waals surface area (Å²) in [5.41, 5.74) is 7.48. The largest absolute Gasteiger partial charge is 0.478 e. The molecule has 2 aromatic carbocycles. The molecule has 0 unspecified atom stereocenters. The molecule has 0 heterocycles. The van der Waals surface area contributed by atoms with Crippen LogP contribution in [-0.2, 0) is 0 Å². The number of para-hydroxylation sites is 1. The summed E-state index contributed by atoms with van der Waals surface area (Å²) in [6, 6.07) is 10.3. The number of rotatable bonds is 3. The lowest BCUT2D eigenvalue weighted by atomic mass is 10.1. The normalized spacial score (nSPS) is 10.2. The Labute approximate surface area is 126 Å². The van der Waals surface area contributed by atoms with Gasteiger partial charge in [-0.05, 0) is 46.3 Å². The maximum Gasteiger partial charge on any atom is 0.337 e. The molecule has 4 N–H and O–H groups in total. The van der Waals surface area contributed by atoms with Gasteiger partial charge in [-0.2, -0.15) is 0 Å². The van der Waals surface area contributed by atoms with Crippen molar-refractivity contribution in [2.45, 2.75) is 0 Å². The quantitative estimate of drug-likeness (QED) is 0.691. The van der Waals surface area contributed by atoms with E-state index in [9.17, 15) is 4.79 Å². The van der Waals surface area contributed by atoms with E-state index in [0.717, 1.165) is 14.6 Å². The number of nitrogens with one attached hydrogen (secondary N) is 1. The summed E-state index contributed by atoms with van der Waals surface area (Å²) < 4.78 is 1.73. The van der Waals surface area contributed by atoms with Gasteiger partial charge in [0, 0.05) is 8.95 Å². The topological polar surface area (TPSA) is 75.4 Å². The highest BCUT2D eigenvalue weighted by molar-refractivity contribution is 9.11. The van der Waals surface area contributed by atoms with Gasteiger partial charge in [0.25, 0.3) is 0 Å². The van der Waals surface area contributed by atoms with Crippen molar-refractivity contribution in [2.24, 2.45) is 0 Å². The van der Waals surface area contributed by atoms with Crippen LogP contribution in [0, 0.1) is 0 Å². The van der Waals surface area contributed by atoms with E-state index in [-0.39, 0.29) is 5.56 Å². The first-order valence-electron chi connectivity index (χ1n) is 5.33. The first kappa shape index (κ1) is 13.9. The molecule has 0 atom stereocenters. The number of aromatic carboxylic acids is 1. The van der Waals surface area contributed by atoms with E-state index in [0.29, 0.717) is 11.4 Å². The van der Waals surface area contributed by atoms with Crippen LogP contribution in [0.4, 0.5) is 17.1 Å². The number of carboxylic acid groups (broad SMARTS) is 1. The molecule has 6 heteroatoms. The summed E-state index contributed by atoms with van der Waals surface area (Å²) in [6.45, 7) is 0. The van der Waals surface area contributed by atoms with Gasteiger partial charge < -0.3 is 16.2 Å². The lowest BCUT2D eigenvalue weighted by Crippen LogP contribution is -2.05. The van der Waals surface area contributed by atoms with Gasteiger partial charge in [0.05, 0.1) is 22.6 Å². The molecule has 0 saturated heterocycles. The lowest BCUT2D eigenvalue weighted by molar-refractivity contribution is 0.0698. The zero-order valence-electron chi connectivity index (χ0n) is 9.65. The minimum atomic E-state index is -1.02. The maximum absolute atomic E-state index is 11.2. The van der Waals surface area contributed by atoms with Gasteiger partial charge in [-0.1, -0.05) is 22.0 Å². The van der Waals surface area contributed by atoms with Crippen molar-refractivity contribution in [2.75, 3.05) is 11.1 Å². The zero-order chi connectivity index (χ0) is 14.0. The van der Waals surface area contributed by atoms with Crippen molar-refractivity contribution < 1.29 is 9.90 Å². The van der Waals surface area contributed by atoms with E-state index in [2.05, 4.69) is 37.2 Å². The van der Waals surface area contributed by atoms with E-state index in [4.69, 9.17) is 10.8 Å². The fourth-order valence-electron chi connectivity index (χ4n) is 1.61. The number of carboxylic acids is 1. The summed E-state index contributed by atoms with van der Waals surface area (Å²) in [7, 11) is 0. The van der Waals surface area contributed by atoms with E-state index < -0.39 is 5.97 Å². The van der Waals surface area contributed by atoms with Crippen LogP contribution in [0.2, 0.25) is 0 Å². The third-order valence-corrected chi connectivity index (χ3v) is 3.67. The molecule has 4 nitrogen and oxygen atoms in total. The average Bonchev–Trinajstić information content (AvgIpc) is 2.34. The summed E-state index contributed by atoms with van der Waals surface area (Å²) in [5.74, 6) is -1.02. The Morgan fingerprint density at radius 3 is 2.58 bits per heavy atom. The van der Waals surface area contributed by atoms with Crippen LogP contribution in [0.3, 0.4) is 0 Å². The van der Waals surface area contributed by atoms with Crippen LogP contribution in [-0.4, -0.2) is 11.1 Å². The van der Waals surface area contributed by atoms with E-state index in [1.54, 1.807) is 12.1 Å². The third kappa shape index (κ3) is 3.08. The molecule has 0 aliphatic carbocycles. The molecule has 0 fully saturated rings. The van der Waals surface area contributed by atoms with Gasteiger partial charge in [-0.15, -0.1) is 0 Å². The summed E-state index contributed by atoms with van der Waals surface area (Å²) in [4.78, 5) is 11.2. The number of carbonyl (C=O) groups is 1. The molecule has 0 amide bonds. The summed E-state index contributed by atoms with van der Waals surface area (Å²) in [6.07, 6.45) is 0. The van der Waals surface area contributed by atoms with E-state index >= 15 is 0 Å². The molecule has 0 radical (unpaired) electrons. The second-order valence-electron chi connectivity index (χ2n) is 3.82. The molecule has 0 bridgehead atoms. The number of hydrogen-bond acceptors (Lipinski definition) is 3. The van der Waals surface area contributed by atoms with Crippen molar-refractivity contribution in [3.05, 3.63) is 50.9 Å². The summed E-state index contributed by atoms with van der Waals surface area (Å²) in [5, 5.41) is 12.2. The molecule has 0 aliphatic heterocycles. The zero-order valence-corrected chi connectivity index (χ0v) is 12.8. The highest BCUT2D eigenvalue weighted by Gasteiger charge is 2.13. The Morgan fingerprint density at radius 1 is 1.21 bits per heavy atom. The fraction of sp³-hybridized carbons (Fsp3) is 0.